The van der Waals surface area contributed by atoms with Gasteiger partial charge in [0.05, 0.1) is 17.1 Å². The highest BCUT2D eigenvalue weighted by molar-refractivity contribution is 7.98. The van der Waals surface area contributed by atoms with E-state index in [9.17, 15) is 9.59 Å². The molecule has 1 aliphatic heterocycles. The summed E-state index contributed by atoms with van der Waals surface area (Å²) in [4.78, 5) is 29.4. The molecule has 2 amide bonds. The zero-order valence-electron chi connectivity index (χ0n) is 16.1. The Morgan fingerprint density at radius 1 is 1.17 bits per heavy atom. The lowest BCUT2D eigenvalue weighted by molar-refractivity contribution is -0.116. The van der Waals surface area contributed by atoms with Crippen LogP contribution in [0.4, 0.5) is 5.69 Å². The minimum absolute atomic E-state index is 0.0167. The molecule has 0 radical (unpaired) electrons. The van der Waals surface area contributed by atoms with Crippen molar-refractivity contribution in [3.63, 3.8) is 0 Å². The van der Waals surface area contributed by atoms with Crippen molar-refractivity contribution in [2.24, 2.45) is 0 Å². The Kier molecular flexibility index (Phi) is 5.60. The SMILES string of the molecule is CSc1ccccc1NC(=O)CN(C)C(=O)c1cc2c(s1)-c1ccccc1OC2. The molecule has 0 bridgehead atoms. The maximum atomic E-state index is 12.9. The standard InChI is InChI=1S/C22H20N2O3S2/c1-24(12-20(25)23-16-8-4-6-10-18(16)28-2)22(26)19-11-14-13-27-17-9-5-3-7-15(17)21(14)29-19/h3-11H,12-13H2,1-2H3,(H,23,25). The van der Waals surface area contributed by atoms with Gasteiger partial charge in [0.2, 0.25) is 5.91 Å². The van der Waals surface area contributed by atoms with Crippen molar-refractivity contribution < 1.29 is 14.3 Å². The molecule has 5 nitrogen and oxygen atoms in total. The number of ether oxygens (including phenoxy) is 1. The first-order chi connectivity index (χ1) is 14.1. The van der Waals surface area contributed by atoms with E-state index in [2.05, 4.69) is 5.32 Å². The number of rotatable bonds is 5. The Labute approximate surface area is 177 Å². The van der Waals surface area contributed by atoms with Gasteiger partial charge in [-0.15, -0.1) is 23.1 Å². The third-order valence-corrected chi connectivity index (χ3v) is 6.64. The predicted octanol–water partition coefficient (Wildman–Crippen LogP) is 4.74. The van der Waals surface area contributed by atoms with Crippen molar-refractivity contribution in [2.75, 3.05) is 25.2 Å². The summed E-state index contributed by atoms with van der Waals surface area (Å²) in [6.45, 7) is 0.434. The second-order valence-corrected chi connectivity index (χ2v) is 8.56. The molecule has 1 N–H and O–H groups in total. The lowest BCUT2D eigenvalue weighted by Gasteiger charge is -2.16. The van der Waals surface area contributed by atoms with Crippen LogP contribution in [0.2, 0.25) is 0 Å². The van der Waals surface area contributed by atoms with Crippen LogP contribution in [0, 0.1) is 0 Å². The summed E-state index contributed by atoms with van der Waals surface area (Å²) in [5.74, 6) is 0.438. The van der Waals surface area contributed by atoms with Crippen LogP contribution >= 0.6 is 23.1 Å². The van der Waals surface area contributed by atoms with E-state index in [0.717, 1.165) is 32.3 Å². The molecule has 0 saturated heterocycles. The Balaban J connectivity index is 1.47. The van der Waals surface area contributed by atoms with E-state index in [4.69, 9.17) is 4.74 Å². The highest BCUT2D eigenvalue weighted by atomic mass is 32.2. The van der Waals surface area contributed by atoms with Crippen LogP contribution in [0.15, 0.2) is 59.5 Å². The number of benzene rings is 2. The van der Waals surface area contributed by atoms with Gasteiger partial charge >= 0.3 is 0 Å². The van der Waals surface area contributed by atoms with Crippen LogP contribution in [0.5, 0.6) is 5.75 Å². The van der Waals surface area contributed by atoms with Crippen molar-refractivity contribution in [1.29, 1.82) is 0 Å². The van der Waals surface area contributed by atoms with Gasteiger partial charge in [0, 0.05) is 27.9 Å². The first-order valence-electron chi connectivity index (χ1n) is 9.10. The highest BCUT2D eigenvalue weighted by Gasteiger charge is 2.24. The van der Waals surface area contributed by atoms with Gasteiger partial charge < -0.3 is 15.0 Å². The zero-order chi connectivity index (χ0) is 20.4. The van der Waals surface area contributed by atoms with E-state index < -0.39 is 0 Å². The van der Waals surface area contributed by atoms with Gasteiger partial charge in [-0.2, -0.15) is 0 Å². The molecular weight excluding hydrogens is 404 g/mol. The minimum atomic E-state index is -0.225. The smallest absolute Gasteiger partial charge is 0.264 e. The summed E-state index contributed by atoms with van der Waals surface area (Å²) in [5.41, 5.74) is 2.77. The molecule has 0 atom stereocenters. The van der Waals surface area contributed by atoms with Crippen LogP contribution in [0.1, 0.15) is 15.2 Å². The van der Waals surface area contributed by atoms with E-state index in [0.29, 0.717) is 11.5 Å². The van der Waals surface area contributed by atoms with Crippen molar-refractivity contribution in [1.82, 2.24) is 4.90 Å². The number of anilines is 1. The van der Waals surface area contributed by atoms with E-state index >= 15 is 0 Å². The number of thiophene rings is 1. The van der Waals surface area contributed by atoms with Crippen molar-refractivity contribution in [3.05, 3.63) is 65.0 Å². The van der Waals surface area contributed by atoms with Gasteiger partial charge in [-0.05, 0) is 36.6 Å². The molecule has 0 aliphatic carbocycles. The quantitative estimate of drug-likeness (QED) is 0.601. The Morgan fingerprint density at radius 3 is 2.76 bits per heavy atom. The number of carbonyl (C=O) groups is 2. The second kappa shape index (κ2) is 8.31. The molecule has 4 rings (SSSR count). The van der Waals surface area contributed by atoms with Crippen LogP contribution in [-0.2, 0) is 11.4 Å². The van der Waals surface area contributed by atoms with Crippen LogP contribution < -0.4 is 10.1 Å². The molecule has 0 unspecified atom stereocenters. The molecule has 3 aromatic rings. The second-order valence-electron chi connectivity index (χ2n) is 6.66. The molecular formula is C22H20N2O3S2. The summed E-state index contributed by atoms with van der Waals surface area (Å²) in [5, 5.41) is 2.89. The van der Waals surface area contributed by atoms with Crippen LogP contribution in [0.3, 0.4) is 0 Å². The number of fused-ring (bicyclic) bond motifs is 3. The molecule has 0 saturated carbocycles. The van der Waals surface area contributed by atoms with Gasteiger partial charge in [0.15, 0.2) is 0 Å². The number of nitrogens with zero attached hydrogens (tertiary/aromatic N) is 1. The number of para-hydroxylation sites is 2. The summed E-state index contributed by atoms with van der Waals surface area (Å²) >= 11 is 3.01. The zero-order valence-corrected chi connectivity index (χ0v) is 17.7. The number of nitrogens with one attached hydrogen (secondary N) is 1. The fourth-order valence-corrected chi connectivity index (χ4v) is 4.96. The maximum Gasteiger partial charge on any atom is 0.264 e. The Morgan fingerprint density at radius 2 is 1.93 bits per heavy atom. The topological polar surface area (TPSA) is 58.6 Å². The highest BCUT2D eigenvalue weighted by Crippen LogP contribution is 2.42. The fraction of sp³-hybridized carbons (Fsp3) is 0.182. The fourth-order valence-electron chi connectivity index (χ4n) is 3.22. The summed E-state index contributed by atoms with van der Waals surface area (Å²) in [7, 11) is 1.64. The molecule has 7 heteroatoms. The third kappa shape index (κ3) is 4.02. The Bertz CT molecular complexity index is 1080. The predicted molar refractivity (Wildman–Crippen MR) is 118 cm³/mol. The minimum Gasteiger partial charge on any atom is -0.488 e. The van der Waals surface area contributed by atoms with Gasteiger partial charge in [0.1, 0.15) is 12.4 Å². The normalized spacial score (nSPS) is 11.8. The average Bonchev–Trinajstić information content (AvgIpc) is 3.18. The molecule has 0 fully saturated rings. The number of hydrogen-bond donors (Lipinski definition) is 1. The molecule has 2 aromatic carbocycles. The number of likely N-dealkylation sites (N-methyl/N-ethyl adjacent to an activating group) is 1. The third-order valence-electron chi connectivity index (χ3n) is 4.64. The van der Waals surface area contributed by atoms with Gasteiger partial charge in [-0.3, -0.25) is 9.59 Å². The number of amides is 2. The Hall–Kier alpha value is -2.77. The first kappa shape index (κ1) is 19.5. The molecule has 2 heterocycles. The molecule has 0 spiro atoms. The lowest BCUT2D eigenvalue weighted by atomic mass is 10.1. The van der Waals surface area contributed by atoms with E-state index in [1.54, 1.807) is 18.8 Å². The average molecular weight is 425 g/mol. The summed E-state index contributed by atoms with van der Waals surface area (Å²) in [6.07, 6.45) is 1.96. The maximum absolute atomic E-state index is 12.9. The molecule has 1 aromatic heterocycles. The van der Waals surface area contributed by atoms with Crippen molar-refractivity contribution in [3.8, 4) is 16.2 Å². The molecule has 29 heavy (non-hydrogen) atoms. The van der Waals surface area contributed by atoms with Gasteiger partial charge in [-0.25, -0.2) is 0 Å². The van der Waals surface area contributed by atoms with Crippen LogP contribution in [-0.4, -0.2) is 36.6 Å². The first-order valence-corrected chi connectivity index (χ1v) is 11.1. The lowest BCUT2D eigenvalue weighted by Crippen LogP contribution is -2.34. The summed E-state index contributed by atoms with van der Waals surface area (Å²) in [6, 6.07) is 17.3. The molecule has 148 valence electrons. The van der Waals surface area contributed by atoms with Gasteiger partial charge in [0.25, 0.3) is 5.91 Å². The molecule has 1 aliphatic rings. The van der Waals surface area contributed by atoms with Gasteiger partial charge in [-0.1, -0.05) is 24.3 Å². The van der Waals surface area contributed by atoms with E-state index in [-0.39, 0.29) is 18.4 Å². The monoisotopic (exact) mass is 424 g/mol. The largest absolute Gasteiger partial charge is 0.488 e. The van der Waals surface area contributed by atoms with Crippen molar-refractivity contribution >= 4 is 40.6 Å². The van der Waals surface area contributed by atoms with E-state index in [1.165, 1.54) is 16.2 Å². The summed E-state index contributed by atoms with van der Waals surface area (Å²) < 4.78 is 5.77. The number of hydrogen-bond acceptors (Lipinski definition) is 5. The van der Waals surface area contributed by atoms with Crippen molar-refractivity contribution in [2.45, 2.75) is 11.5 Å². The number of carbonyl (C=O) groups excluding carboxylic acids is 2. The number of thioether (sulfide) groups is 1. The van der Waals surface area contributed by atoms with Crippen LogP contribution in [0.25, 0.3) is 10.4 Å². The van der Waals surface area contributed by atoms with E-state index in [1.807, 2.05) is 60.9 Å².